The lowest BCUT2D eigenvalue weighted by atomic mass is 9.97. The molecule has 4 heterocycles. The van der Waals surface area contributed by atoms with Gasteiger partial charge in [-0.3, -0.25) is 9.48 Å². The molecule has 0 aliphatic carbocycles. The van der Waals surface area contributed by atoms with Gasteiger partial charge in [0, 0.05) is 41.5 Å². The predicted octanol–water partition coefficient (Wildman–Crippen LogP) is 5.17. The van der Waals surface area contributed by atoms with E-state index in [-0.39, 0.29) is 38.3 Å². The number of rotatable bonds is 6. The molecule has 11 heteroatoms. The van der Waals surface area contributed by atoms with Crippen LogP contribution in [0.1, 0.15) is 22.7 Å². The average molecular weight is 579 g/mol. The maximum atomic E-state index is 15.0. The first kappa shape index (κ1) is 26.2. The summed E-state index contributed by atoms with van der Waals surface area (Å²) in [6.07, 6.45) is 4.82. The van der Waals surface area contributed by atoms with Crippen molar-refractivity contribution in [1.29, 1.82) is 0 Å². The van der Waals surface area contributed by atoms with Crippen LogP contribution in [0.25, 0.3) is 27.7 Å². The van der Waals surface area contributed by atoms with Gasteiger partial charge in [0.25, 0.3) is 15.6 Å². The molecule has 2 aromatic carbocycles. The topological polar surface area (TPSA) is 88.1 Å². The number of aromatic nitrogens is 4. The van der Waals surface area contributed by atoms with Crippen LogP contribution in [0.15, 0.2) is 83.4 Å². The second-order valence-electron chi connectivity index (χ2n) is 9.81. The largest absolute Gasteiger partial charge is 0.377 e. The van der Waals surface area contributed by atoms with E-state index >= 15 is 4.39 Å². The summed E-state index contributed by atoms with van der Waals surface area (Å²) < 4.78 is 52.8. The summed E-state index contributed by atoms with van der Waals surface area (Å²) in [6.45, 7) is 6.96. The van der Waals surface area contributed by atoms with Gasteiger partial charge in [-0.1, -0.05) is 48.0 Å². The minimum Gasteiger partial charge on any atom is -0.377 e. The van der Waals surface area contributed by atoms with Crippen LogP contribution in [0, 0.1) is 12.7 Å². The Hall–Kier alpha value is -3.99. The van der Waals surface area contributed by atoms with Crippen molar-refractivity contribution in [3.05, 3.63) is 112 Å². The van der Waals surface area contributed by atoms with E-state index in [0.29, 0.717) is 29.7 Å². The van der Waals surface area contributed by atoms with Crippen molar-refractivity contribution in [3.8, 4) is 11.3 Å². The van der Waals surface area contributed by atoms with E-state index in [1.54, 1.807) is 41.3 Å². The number of aryl methyl sites for hydroxylation is 2. The molecule has 1 fully saturated rings. The van der Waals surface area contributed by atoms with E-state index in [0.717, 1.165) is 9.54 Å². The fraction of sp³-hybridized carbons (Fsp3) is 0.172. The van der Waals surface area contributed by atoms with Crippen LogP contribution in [-0.2, 0) is 21.8 Å². The van der Waals surface area contributed by atoms with Crippen LogP contribution >= 0.6 is 11.6 Å². The molecule has 1 aliphatic rings. The highest BCUT2D eigenvalue weighted by Crippen LogP contribution is 2.37. The molecule has 5 aromatic rings. The number of fused-ring (bicyclic) bond motifs is 1. The molecule has 8 nitrogen and oxygen atoms in total. The summed E-state index contributed by atoms with van der Waals surface area (Å²) in [4.78, 5) is 13.7. The zero-order valence-electron chi connectivity index (χ0n) is 21.6. The number of halogens is 2. The lowest BCUT2D eigenvalue weighted by Gasteiger charge is -2.25. The number of hydrogen-bond donors (Lipinski definition) is 0. The van der Waals surface area contributed by atoms with Gasteiger partial charge in [0.05, 0.1) is 41.1 Å². The molecule has 0 atom stereocenters. The summed E-state index contributed by atoms with van der Waals surface area (Å²) in [5.74, 6) is -0.660. The van der Waals surface area contributed by atoms with Gasteiger partial charge in [0.1, 0.15) is 11.3 Å². The third-order valence-corrected chi connectivity index (χ3v) is 9.17. The Balaban J connectivity index is 1.67. The Morgan fingerprint density at radius 3 is 2.52 bits per heavy atom. The minimum absolute atomic E-state index is 0.0174. The second kappa shape index (κ2) is 9.58. The molecule has 1 aliphatic heterocycles. The van der Waals surface area contributed by atoms with Gasteiger partial charge in [-0.05, 0) is 36.8 Å². The van der Waals surface area contributed by atoms with Gasteiger partial charge >= 0.3 is 0 Å². The first-order valence-corrected chi connectivity index (χ1v) is 14.2. The number of hydrogen-bond acceptors (Lipinski definition) is 5. The predicted molar refractivity (Wildman–Crippen MR) is 152 cm³/mol. The maximum Gasteiger partial charge on any atom is 0.275 e. The van der Waals surface area contributed by atoms with Gasteiger partial charge < -0.3 is 9.30 Å². The van der Waals surface area contributed by atoms with Gasteiger partial charge in [-0.25, -0.2) is 16.8 Å². The smallest absolute Gasteiger partial charge is 0.275 e. The normalized spacial score (nSPS) is 14.0. The zero-order valence-corrected chi connectivity index (χ0v) is 23.2. The van der Waals surface area contributed by atoms with Gasteiger partial charge in [0.15, 0.2) is 0 Å². The number of pyridine rings is 1. The number of ether oxygens (including phenoxy) is 1. The van der Waals surface area contributed by atoms with E-state index in [1.165, 1.54) is 42.1 Å². The fourth-order valence-corrected chi connectivity index (χ4v) is 6.52. The highest BCUT2D eigenvalue weighted by Gasteiger charge is 2.30. The summed E-state index contributed by atoms with van der Waals surface area (Å²) in [5.41, 5.74) is 1.77. The number of nitrogens with zero attached hydrogens (tertiary/aromatic N) is 4. The Bertz CT molecular complexity index is 1990. The summed E-state index contributed by atoms with van der Waals surface area (Å²) >= 11 is 6.04. The first-order valence-electron chi connectivity index (χ1n) is 12.4. The Labute approximate surface area is 234 Å². The molecule has 0 bridgehead atoms. The summed E-state index contributed by atoms with van der Waals surface area (Å²) in [6, 6.07) is 12.6. The SMILES string of the molecule is C=C(c1cccc(Cl)c1F)c1cn(C)c(=O)c2c1cc(-c1cnn(C3COC3)c1)n2S(=O)(=O)c1ccc(C)cc1. The summed E-state index contributed by atoms with van der Waals surface area (Å²) in [5, 5.41) is 4.65. The maximum absolute atomic E-state index is 15.0. The standard InChI is InChI=1S/C29H24ClFN4O4S/c1-17-7-9-21(10-8-17)40(37,38)35-26(19-12-32-34(13-19)20-15-39-16-20)11-23-24(14-33(3)29(36)28(23)35)18(2)22-5-4-6-25(30)27(22)31/h4-14,20H,2,15-16H2,1,3H3. The molecular formula is C29H24ClFN4O4S. The zero-order chi connectivity index (χ0) is 28.3. The monoisotopic (exact) mass is 578 g/mol. The molecule has 204 valence electrons. The molecule has 6 rings (SSSR count). The fourth-order valence-electron chi connectivity index (χ4n) is 4.82. The van der Waals surface area contributed by atoms with E-state index in [2.05, 4.69) is 11.7 Å². The van der Waals surface area contributed by atoms with Gasteiger partial charge in [0.2, 0.25) is 0 Å². The highest BCUT2D eigenvalue weighted by atomic mass is 35.5. The van der Waals surface area contributed by atoms with Gasteiger partial charge in [-0.2, -0.15) is 5.10 Å². The lowest BCUT2D eigenvalue weighted by Crippen LogP contribution is -2.30. The van der Waals surface area contributed by atoms with Crippen LogP contribution in [-0.4, -0.2) is 40.0 Å². The average Bonchev–Trinajstić information content (AvgIpc) is 3.53. The molecule has 0 unspecified atom stereocenters. The minimum atomic E-state index is -4.26. The highest BCUT2D eigenvalue weighted by molar-refractivity contribution is 7.90. The summed E-state index contributed by atoms with van der Waals surface area (Å²) in [7, 11) is -2.75. The van der Waals surface area contributed by atoms with Crippen molar-refractivity contribution >= 4 is 38.1 Å². The van der Waals surface area contributed by atoms with Gasteiger partial charge in [-0.15, -0.1) is 0 Å². The van der Waals surface area contributed by atoms with Crippen molar-refractivity contribution in [2.45, 2.75) is 17.9 Å². The van der Waals surface area contributed by atoms with Crippen LogP contribution in [0.3, 0.4) is 0 Å². The molecule has 0 N–H and O–H groups in total. The van der Waals surface area contributed by atoms with Crippen molar-refractivity contribution in [2.24, 2.45) is 7.05 Å². The van der Waals surface area contributed by atoms with E-state index < -0.39 is 21.4 Å². The van der Waals surface area contributed by atoms with E-state index in [1.807, 2.05) is 6.92 Å². The molecular weight excluding hydrogens is 555 g/mol. The lowest BCUT2D eigenvalue weighted by molar-refractivity contribution is -0.0286. The Morgan fingerprint density at radius 1 is 1.12 bits per heavy atom. The molecule has 0 amide bonds. The quantitative estimate of drug-likeness (QED) is 0.277. The van der Waals surface area contributed by atoms with Crippen LogP contribution in [0.4, 0.5) is 4.39 Å². The van der Waals surface area contributed by atoms with E-state index in [4.69, 9.17) is 16.3 Å². The molecule has 1 saturated heterocycles. The number of benzene rings is 2. The van der Waals surface area contributed by atoms with Crippen molar-refractivity contribution in [1.82, 2.24) is 18.3 Å². The van der Waals surface area contributed by atoms with Crippen molar-refractivity contribution in [3.63, 3.8) is 0 Å². The molecule has 40 heavy (non-hydrogen) atoms. The first-order chi connectivity index (χ1) is 19.1. The molecule has 3 aromatic heterocycles. The Morgan fingerprint density at radius 2 is 1.85 bits per heavy atom. The van der Waals surface area contributed by atoms with E-state index in [9.17, 15) is 13.2 Å². The molecule has 0 radical (unpaired) electrons. The van der Waals surface area contributed by atoms with Crippen LogP contribution < -0.4 is 5.56 Å². The second-order valence-corrected chi connectivity index (χ2v) is 12.0. The van der Waals surface area contributed by atoms with Crippen LogP contribution in [0.2, 0.25) is 5.02 Å². The molecule has 0 spiro atoms. The van der Waals surface area contributed by atoms with Crippen LogP contribution in [0.5, 0.6) is 0 Å². The van der Waals surface area contributed by atoms with Crippen molar-refractivity contribution < 1.29 is 17.5 Å². The third-order valence-electron chi connectivity index (χ3n) is 7.15. The third kappa shape index (κ3) is 4.11. The van der Waals surface area contributed by atoms with Crippen molar-refractivity contribution in [2.75, 3.05) is 13.2 Å². The molecule has 0 saturated carbocycles. The Kier molecular flexibility index (Phi) is 6.29.